The van der Waals surface area contributed by atoms with Crippen LogP contribution in [0, 0.1) is 6.92 Å². The number of nitrogens with one attached hydrogen (secondary N) is 1. The Balaban J connectivity index is 1.64. The molecule has 0 saturated carbocycles. The molecule has 7 nitrogen and oxygen atoms in total. The van der Waals surface area contributed by atoms with E-state index in [1.165, 1.54) is 13.1 Å². The summed E-state index contributed by atoms with van der Waals surface area (Å²) in [5, 5.41) is 2.72. The Morgan fingerprint density at radius 3 is 2.60 bits per heavy atom. The number of imidazole rings is 1. The van der Waals surface area contributed by atoms with E-state index in [9.17, 15) is 14.4 Å². The highest BCUT2D eigenvalue weighted by molar-refractivity contribution is 6.21. The molecule has 7 heteroatoms. The number of hydrogen-bond donors (Lipinski definition) is 1. The predicted octanol–water partition coefficient (Wildman–Crippen LogP) is 2.12. The second-order valence-electron chi connectivity index (χ2n) is 5.91. The van der Waals surface area contributed by atoms with Gasteiger partial charge in [0.2, 0.25) is 0 Å². The average molecular weight is 334 g/mol. The fourth-order valence-electron chi connectivity index (χ4n) is 2.89. The number of rotatable bonds is 2. The molecular formula is C18H14N4O3. The molecule has 124 valence electrons. The van der Waals surface area contributed by atoms with E-state index in [0.29, 0.717) is 16.9 Å². The molecule has 1 aliphatic heterocycles. The summed E-state index contributed by atoms with van der Waals surface area (Å²) < 4.78 is 1.83. The van der Waals surface area contributed by atoms with Gasteiger partial charge in [0.15, 0.2) is 0 Å². The number of benzene rings is 1. The highest BCUT2D eigenvalue weighted by Gasteiger charge is 2.32. The average Bonchev–Trinajstić information content (AvgIpc) is 3.13. The first-order valence-electron chi connectivity index (χ1n) is 7.68. The Morgan fingerprint density at radius 1 is 1.08 bits per heavy atom. The number of amides is 3. The first kappa shape index (κ1) is 15.1. The quantitative estimate of drug-likeness (QED) is 0.728. The van der Waals surface area contributed by atoms with Gasteiger partial charge in [-0.3, -0.25) is 19.3 Å². The molecule has 0 unspecified atom stereocenters. The second-order valence-corrected chi connectivity index (χ2v) is 5.91. The third kappa shape index (κ3) is 2.28. The van der Waals surface area contributed by atoms with Gasteiger partial charge in [-0.1, -0.05) is 6.07 Å². The van der Waals surface area contributed by atoms with E-state index in [2.05, 4.69) is 10.3 Å². The van der Waals surface area contributed by atoms with Crippen LogP contribution in [0.25, 0.3) is 5.65 Å². The van der Waals surface area contributed by atoms with Crippen molar-refractivity contribution >= 4 is 29.1 Å². The van der Waals surface area contributed by atoms with Gasteiger partial charge in [0, 0.05) is 24.6 Å². The van der Waals surface area contributed by atoms with E-state index >= 15 is 0 Å². The van der Waals surface area contributed by atoms with Crippen LogP contribution in [0.15, 0.2) is 42.6 Å². The number of carbonyl (C=O) groups excluding carboxylic acids is 3. The van der Waals surface area contributed by atoms with Crippen LogP contribution in [0.1, 0.15) is 36.9 Å². The molecule has 0 aliphatic carbocycles. The summed E-state index contributed by atoms with van der Waals surface area (Å²) >= 11 is 0. The zero-order valence-corrected chi connectivity index (χ0v) is 13.6. The molecular weight excluding hydrogens is 320 g/mol. The van der Waals surface area contributed by atoms with Gasteiger partial charge < -0.3 is 9.72 Å². The normalized spacial score (nSPS) is 13.4. The lowest BCUT2D eigenvalue weighted by molar-refractivity contribution is 0.0692. The van der Waals surface area contributed by atoms with Crippen molar-refractivity contribution in [3.05, 3.63) is 65.1 Å². The molecule has 0 spiro atoms. The first-order valence-corrected chi connectivity index (χ1v) is 7.68. The maximum atomic E-state index is 12.5. The van der Waals surface area contributed by atoms with Gasteiger partial charge in [-0.05, 0) is 37.3 Å². The van der Waals surface area contributed by atoms with E-state index in [1.54, 1.807) is 18.3 Å². The molecule has 25 heavy (non-hydrogen) atoms. The SMILES string of the molecule is Cc1cccc2nc(C(=O)Nc3ccc4c(c3)C(=O)N(C)C4=O)cn12. The van der Waals surface area contributed by atoms with Gasteiger partial charge in [0.05, 0.1) is 11.1 Å². The van der Waals surface area contributed by atoms with Gasteiger partial charge in [-0.2, -0.15) is 0 Å². The monoisotopic (exact) mass is 334 g/mol. The molecule has 0 fully saturated rings. The summed E-state index contributed by atoms with van der Waals surface area (Å²) in [7, 11) is 1.43. The standard InChI is InChI=1S/C18H14N4O3/c1-10-4-3-5-15-20-14(9-22(10)15)16(23)19-11-6-7-12-13(8-11)18(25)21(2)17(12)24/h3-9H,1-2H3,(H,19,23). The second kappa shape index (κ2) is 5.27. The molecule has 0 atom stereocenters. The van der Waals surface area contributed by atoms with Crippen LogP contribution < -0.4 is 5.32 Å². The van der Waals surface area contributed by atoms with Gasteiger partial charge >= 0.3 is 0 Å². The Hall–Kier alpha value is -3.48. The number of fused-ring (bicyclic) bond motifs is 2. The summed E-state index contributed by atoms with van der Waals surface area (Å²) in [6, 6.07) is 10.3. The van der Waals surface area contributed by atoms with Crippen molar-refractivity contribution in [1.29, 1.82) is 0 Å². The maximum absolute atomic E-state index is 12.5. The van der Waals surface area contributed by atoms with Crippen LogP contribution >= 0.6 is 0 Å². The fraction of sp³-hybridized carbons (Fsp3) is 0.111. The summed E-state index contributed by atoms with van der Waals surface area (Å²) in [6.07, 6.45) is 1.66. The summed E-state index contributed by atoms with van der Waals surface area (Å²) in [6.45, 7) is 1.93. The molecule has 0 radical (unpaired) electrons. The molecule has 1 N–H and O–H groups in total. The summed E-state index contributed by atoms with van der Waals surface area (Å²) in [5.41, 5.74) is 2.99. The van der Waals surface area contributed by atoms with Crippen molar-refractivity contribution in [1.82, 2.24) is 14.3 Å². The van der Waals surface area contributed by atoms with Crippen molar-refractivity contribution in [2.45, 2.75) is 6.92 Å². The van der Waals surface area contributed by atoms with Crippen LogP contribution in [0.5, 0.6) is 0 Å². The molecule has 3 aromatic rings. The van der Waals surface area contributed by atoms with Crippen molar-refractivity contribution < 1.29 is 14.4 Å². The zero-order valence-electron chi connectivity index (χ0n) is 13.6. The van der Waals surface area contributed by atoms with Crippen LogP contribution in [0.4, 0.5) is 5.69 Å². The minimum atomic E-state index is -0.381. The third-order valence-electron chi connectivity index (χ3n) is 4.28. The fourth-order valence-corrected chi connectivity index (χ4v) is 2.89. The molecule has 2 aromatic heterocycles. The van der Waals surface area contributed by atoms with Crippen LogP contribution in [-0.2, 0) is 0 Å². The predicted molar refractivity (Wildman–Crippen MR) is 90.7 cm³/mol. The van der Waals surface area contributed by atoms with Crippen molar-refractivity contribution in [3.8, 4) is 0 Å². The largest absolute Gasteiger partial charge is 0.321 e. The maximum Gasteiger partial charge on any atom is 0.275 e. The highest BCUT2D eigenvalue weighted by atomic mass is 16.2. The zero-order chi connectivity index (χ0) is 17.7. The Morgan fingerprint density at radius 2 is 1.84 bits per heavy atom. The topological polar surface area (TPSA) is 83.8 Å². The number of aryl methyl sites for hydroxylation is 1. The molecule has 0 saturated heterocycles. The number of aromatic nitrogens is 2. The van der Waals surface area contributed by atoms with E-state index in [1.807, 2.05) is 29.5 Å². The summed E-state index contributed by atoms with van der Waals surface area (Å²) in [5.74, 6) is -1.10. The lowest BCUT2D eigenvalue weighted by Gasteiger charge is -2.04. The van der Waals surface area contributed by atoms with Gasteiger partial charge in [0.25, 0.3) is 17.7 Å². The number of nitrogens with zero attached hydrogens (tertiary/aromatic N) is 3. The minimum absolute atomic E-state index is 0.273. The highest BCUT2D eigenvalue weighted by Crippen LogP contribution is 2.25. The number of imide groups is 1. The number of hydrogen-bond acceptors (Lipinski definition) is 4. The molecule has 4 rings (SSSR count). The van der Waals surface area contributed by atoms with Crippen molar-refractivity contribution in [3.63, 3.8) is 0 Å². The van der Waals surface area contributed by atoms with E-state index in [-0.39, 0.29) is 29.0 Å². The molecule has 0 bridgehead atoms. The van der Waals surface area contributed by atoms with Crippen LogP contribution in [-0.4, -0.2) is 39.1 Å². The van der Waals surface area contributed by atoms with Crippen molar-refractivity contribution in [2.24, 2.45) is 0 Å². The van der Waals surface area contributed by atoms with Crippen molar-refractivity contribution in [2.75, 3.05) is 12.4 Å². The molecule has 1 aliphatic rings. The van der Waals surface area contributed by atoms with Gasteiger partial charge in [0.1, 0.15) is 11.3 Å². The van der Waals surface area contributed by atoms with Crippen LogP contribution in [0.2, 0.25) is 0 Å². The van der Waals surface area contributed by atoms with Gasteiger partial charge in [-0.15, -0.1) is 0 Å². The van der Waals surface area contributed by atoms with Gasteiger partial charge in [-0.25, -0.2) is 4.98 Å². The number of carbonyl (C=O) groups is 3. The molecule has 3 amide bonds. The lowest BCUT2D eigenvalue weighted by atomic mass is 10.1. The Bertz CT molecular complexity index is 1070. The number of pyridine rings is 1. The van der Waals surface area contributed by atoms with E-state index in [0.717, 1.165) is 10.6 Å². The van der Waals surface area contributed by atoms with E-state index < -0.39 is 0 Å². The smallest absolute Gasteiger partial charge is 0.275 e. The lowest BCUT2D eigenvalue weighted by Crippen LogP contribution is -2.24. The summed E-state index contributed by atoms with van der Waals surface area (Å²) in [4.78, 5) is 41.8. The first-order chi connectivity index (χ1) is 12.0. The molecule has 1 aromatic carbocycles. The third-order valence-corrected chi connectivity index (χ3v) is 4.28. The molecule has 3 heterocycles. The minimum Gasteiger partial charge on any atom is -0.321 e. The Labute approximate surface area is 142 Å². The van der Waals surface area contributed by atoms with Crippen LogP contribution in [0.3, 0.4) is 0 Å². The number of anilines is 1. The van der Waals surface area contributed by atoms with E-state index in [4.69, 9.17) is 0 Å². The Kier molecular flexibility index (Phi) is 3.18.